The van der Waals surface area contributed by atoms with Crippen LogP contribution < -0.4 is 10.6 Å². The first-order chi connectivity index (χ1) is 6.45. The maximum Gasteiger partial charge on any atom is 0.256 e. The van der Waals surface area contributed by atoms with Crippen molar-refractivity contribution in [1.82, 2.24) is 10.6 Å². The highest BCUT2D eigenvalue weighted by molar-refractivity contribution is 6.57. The van der Waals surface area contributed by atoms with Crippen LogP contribution in [0.2, 0.25) is 0 Å². The van der Waals surface area contributed by atoms with Crippen LogP contribution in [0.15, 0.2) is 0 Å². The van der Waals surface area contributed by atoms with Crippen molar-refractivity contribution < 1.29 is 9.53 Å². The van der Waals surface area contributed by atoms with Crippen molar-refractivity contribution in [2.75, 3.05) is 20.2 Å². The molecule has 0 aliphatic carbocycles. The van der Waals surface area contributed by atoms with Gasteiger partial charge in [0.15, 0.2) is 4.33 Å². The lowest BCUT2D eigenvalue weighted by molar-refractivity contribution is -0.122. The number of carbonyl (C=O) groups is 1. The third kappa shape index (κ3) is 4.33. The molecule has 7 heteroatoms. The van der Waals surface area contributed by atoms with Gasteiger partial charge in [-0.05, 0) is 6.92 Å². The molecule has 2 N–H and O–H groups in total. The standard InChI is InChI=1S/C8H14Cl2N2O2.ClH/c1-8(9,10)7(13)12-5-3-11-4-6(5)14-2;/h5-6,11H,3-4H2,1-2H3,(H,12,13);1H/t5-,6-;/m0./s1. The van der Waals surface area contributed by atoms with Crippen molar-refractivity contribution in [3.05, 3.63) is 0 Å². The van der Waals surface area contributed by atoms with Gasteiger partial charge in [-0.2, -0.15) is 0 Å². The molecule has 4 nitrogen and oxygen atoms in total. The topological polar surface area (TPSA) is 50.4 Å². The van der Waals surface area contributed by atoms with E-state index in [-0.39, 0.29) is 24.6 Å². The molecule has 0 unspecified atom stereocenters. The molecular formula is C8H15Cl3N2O2. The van der Waals surface area contributed by atoms with Crippen LogP contribution >= 0.6 is 35.6 Å². The van der Waals surface area contributed by atoms with E-state index in [1.807, 2.05) is 0 Å². The largest absolute Gasteiger partial charge is 0.378 e. The van der Waals surface area contributed by atoms with Crippen molar-refractivity contribution in [3.8, 4) is 0 Å². The van der Waals surface area contributed by atoms with Crippen molar-refractivity contribution >= 4 is 41.5 Å². The second kappa shape index (κ2) is 6.11. The smallest absolute Gasteiger partial charge is 0.256 e. The van der Waals surface area contributed by atoms with Crippen LogP contribution in [0.4, 0.5) is 0 Å². The Morgan fingerprint density at radius 2 is 2.13 bits per heavy atom. The van der Waals surface area contributed by atoms with E-state index in [2.05, 4.69) is 10.6 Å². The Bertz CT molecular complexity index is 220. The third-order valence-corrected chi connectivity index (χ3v) is 2.52. The van der Waals surface area contributed by atoms with Gasteiger partial charge >= 0.3 is 0 Å². The predicted molar refractivity (Wildman–Crippen MR) is 63.0 cm³/mol. The van der Waals surface area contributed by atoms with E-state index in [4.69, 9.17) is 27.9 Å². The Hall–Kier alpha value is 0.260. The van der Waals surface area contributed by atoms with Gasteiger partial charge in [-0.25, -0.2) is 0 Å². The molecular weight excluding hydrogens is 262 g/mol. The lowest BCUT2D eigenvalue weighted by atomic mass is 10.2. The van der Waals surface area contributed by atoms with Crippen LogP contribution in [0.3, 0.4) is 0 Å². The molecule has 1 aliphatic heterocycles. The van der Waals surface area contributed by atoms with E-state index < -0.39 is 10.2 Å². The van der Waals surface area contributed by atoms with E-state index in [1.165, 1.54) is 6.92 Å². The summed E-state index contributed by atoms with van der Waals surface area (Å²) in [6.45, 7) is 2.84. The SMILES string of the molecule is CO[C@H]1CNC[C@@H]1NC(=O)C(C)(Cl)Cl.Cl. The quantitative estimate of drug-likeness (QED) is 0.747. The first-order valence-electron chi connectivity index (χ1n) is 4.37. The fraction of sp³-hybridized carbons (Fsp3) is 0.875. The molecule has 0 radical (unpaired) electrons. The van der Waals surface area contributed by atoms with Crippen LogP contribution in [-0.4, -0.2) is 42.6 Å². The average Bonchev–Trinajstić information content (AvgIpc) is 2.50. The Morgan fingerprint density at radius 3 is 2.60 bits per heavy atom. The average molecular weight is 278 g/mol. The van der Waals surface area contributed by atoms with E-state index in [9.17, 15) is 4.79 Å². The molecule has 0 aromatic heterocycles. The minimum atomic E-state index is -1.39. The van der Waals surface area contributed by atoms with Gasteiger partial charge < -0.3 is 15.4 Å². The molecule has 0 aromatic carbocycles. The van der Waals surface area contributed by atoms with Gasteiger partial charge in [0.25, 0.3) is 5.91 Å². The Balaban J connectivity index is 0.00000196. The molecule has 2 atom stereocenters. The van der Waals surface area contributed by atoms with Gasteiger partial charge in [0, 0.05) is 20.2 Å². The summed E-state index contributed by atoms with van der Waals surface area (Å²) in [5.74, 6) is -0.392. The molecule has 0 aromatic rings. The van der Waals surface area contributed by atoms with Crippen molar-refractivity contribution in [2.24, 2.45) is 0 Å². The lowest BCUT2D eigenvalue weighted by Gasteiger charge is -2.21. The highest BCUT2D eigenvalue weighted by atomic mass is 35.5. The van der Waals surface area contributed by atoms with Gasteiger partial charge in [-0.1, -0.05) is 23.2 Å². The maximum absolute atomic E-state index is 11.4. The van der Waals surface area contributed by atoms with Crippen LogP contribution in [0.5, 0.6) is 0 Å². The molecule has 1 saturated heterocycles. The van der Waals surface area contributed by atoms with E-state index >= 15 is 0 Å². The number of halogens is 3. The Kier molecular flexibility index (Phi) is 6.21. The van der Waals surface area contributed by atoms with Crippen molar-refractivity contribution in [3.63, 3.8) is 0 Å². The highest BCUT2D eigenvalue weighted by Gasteiger charge is 2.34. The van der Waals surface area contributed by atoms with Crippen molar-refractivity contribution in [1.29, 1.82) is 0 Å². The number of alkyl halides is 2. The van der Waals surface area contributed by atoms with Gasteiger partial charge in [-0.15, -0.1) is 12.4 Å². The fourth-order valence-corrected chi connectivity index (χ4v) is 1.45. The number of carbonyl (C=O) groups excluding carboxylic acids is 1. The summed E-state index contributed by atoms with van der Waals surface area (Å²) in [7, 11) is 1.61. The van der Waals surface area contributed by atoms with E-state index in [0.717, 1.165) is 6.54 Å². The zero-order valence-corrected chi connectivity index (χ0v) is 10.9. The van der Waals surface area contributed by atoms with Gasteiger partial charge in [-0.3, -0.25) is 4.79 Å². The minimum Gasteiger partial charge on any atom is -0.378 e. The van der Waals surface area contributed by atoms with Gasteiger partial charge in [0.1, 0.15) is 0 Å². The van der Waals surface area contributed by atoms with E-state index in [1.54, 1.807) is 7.11 Å². The zero-order valence-electron chi connectivity index (χ0n) is 8.55. The van der Waals surface area contributed by atoms with Crippen LogP contribution in [0.1, 0.15) is 6.92 Å². The molecule has 0 bridgehead atoms. The van der Waals surface area contributed by atoms with Gasteiger partial charge in [0.05, 0.1) is 12.1 Å². The summed E-state index contributed by atoms with van der Waals surface area (Å²) >= 11 is 11.3. The summed E-state index contributed by atoms with van der Waals surface area (Å²) in [5.41, 5.74) is 0. The van der Waals surface area contributed by atoms with Crippen LogP contribution in [0.25, 0.3) is 0 Å². The van der Waals surface area contributed by atoms with Crippen LogP contribution in [-0.2, 0) is 9.53 Å². The Labute approximate surface area is 105 Å². The summed E-state index contributed by atoms with van der Waals surface area (Å²) in [6.07, 6.45) is -0.0189. The normalized spacial score (nSPS) is 25.9. The lowest BCUT2D eigenvalue weighted by Crippen LogP contribution is -2.48. The monoisotopic (exact) mass is 276 g/mol. The number of rotatable bonds is 3. The number of hydrogen-bond acceptors (Lipinski definition) is 3. The first-order valence-corrected chi connectivity index (χ1v) is 5.13. The third-order valence-electron chi connectivity index (χ3n) is 2.18. The molecule has 1 fully saturated rings. The molecule has 90 valence electrons. The first kappa shape index (κ1) is 15.3. The molecule has 1 amide bonds. The Morgan fingerprint density at radius 1 is 1.53 bits per heavy atom. The summed E-state index contributed by atoms with van der Waals surface area (Å²) in [6, 6.07) is -0.0654. The molecule has 0 saturated carbocycles. The zero-order chi connectivity index (χ0) is 10.8. The number of ether oxygens (including phenoxy) is 1. The van der Waals surface area contributed by atoms with Crippen LogP contribution in [0, 0.1) is 0 Å². The minimum absolute atomic E-state index is 0. The molecule has 1 heterocycles. The molecule has 0 spiro atoms. The van der Waals surface area contributed by atoms with E-state index in [0.29, 0.717) is 6.54 Å². The summed E-state index contributed by atoms with van der Waals surface area (Å²) in [4.78, 5) is 11.4. The number of hydrogen-bond donors (Lipinski definition) is 2. The molecule has 15 heavy (non-hydrogen) atoms. The number of nitrogens with one attached hydrogen (secondary N) is 2. The fourth-order valence-electron chi connectivity index (χ4n) is 1.34. The summed E-state index contributed by atoms with van der Waals surface area (Å²) < 4.78 is 3.79. The van der Waals surface area contributed by atoms with Crippen molar-refractivity contribution in [2.45, 2.75) is 23.4 Å². The second-order valence-electron chi connectivity index (χ2n) is 3.40. The highest BCUT2D eigenvalue weighted by Crippen LogP contribution is 2.20. The predicted octanol–water partition coefficient (Wildman–Crippen LogP) is 0.705. The second-order valence-corrected chi connectivity index (χ2v) is 5.11. The van der Waals surface area contributed by atoms with Gasteiger partial charge in [0.2, 0.25) is 0 Å². The molecule has 1 rings (SSSR count). The summed E-state index contributed by atoms with van der Waals surface area (Å²) in [5, 5.41) is 5.83. The maximum atomic E-state index is 11.4. The number of amides is 1. The number of methoxy groups -OCH3 is 1. The molecule has 1 aliphatic rings.